The first-order chi connectivity index (χ1) is 21.8. The number of benzene rings is 3. The summed E-state index contributed by atoms with van der Waals surface area (Å²) in [7, 11) is -4.37. The number of furan rings is 1. The van der Waals surface area contributed by atoms with Crippen LogP contribution in [0.25, 0.3) is 16.8 Å². The van der Waals surface area contributed by atoms with Crippen LogP contribution in [0, 0.1) is 6.92 Å². The Morgan fingerprint density at radius 1 is 1.02 bits per heavy atom. The topological polar surface area (TPSA) is 116 Å². The van der Waals surface area contributed by atoms with Crippen molar-refractivity contribution < 1.29 is 30.8 Å². The first kappa shape index (κ1) is 32.8. The Bertz CT molecular complexity index is 2070. The molecule has 14 heteroatoms. The second-order valence-corrected chi connectivity index (χ2v) is 12.5. The summed E-state index contributed by atoms with van der Waals surface area (Å²) < 4.78 is 77.1. The maximum atomic E-state index is 13.7. The van der Waals surface area contributed by atoms with Crippen LogP contribution in [0.4, 0.5) is 13.2 Å². The monoisotopic (exact) mass is 672 g/mol. The van der Waals surface area contributed by atoms with Gasteiger partial charge < -0.3 is 4.42 Å². The molecule has 0 saturated heterocycles. The molecule has 0 fully saturated rings. The molecule has 5 aromatic rings. The van der Waals surface area contributed by atoms with Crippen molar-refractivity contribution in [3.05, 3.63) is 123 Å². The van der Waals surface area contributed by atoms with Gasteiger partial charge in [-0.25, -0.2) is 17.9 Å². The van der Waals surface area contributed by atoms with Crippen LogP contribution in [0.3, 0.4) is 0 Å². The highest BCUT2D eigenvalue weighted by Gasteiger charge is 2.35. The smallest absolute Gasteiger partial charge is 0.418 e. The summed E-state index contributed by atoms with van der Waals surface area (Å²) in [6.45, 7) is 3.54. The fraction of sp³-hybridized carbons (Fsp3) is 0.219. The standard InChI is InChI=1S/C32H28ClF3N4O5S/c1-3-4-13-28-37-40(26-11-7-6-10-24(26)32(34,35)36)31(42)39(28)19-21-14-16-22(17-15-21)23-9-5-8-12-27(23)46(43,44)38-30(41)29-25(33)18-20(2)45-29/h5-12,14-18H,3-4,13,19H2,1-2H3,(H,38,41). The van der Waals surface area contributed by atoms with E-state index in [0.717, 1.165) is 17.2 Å². The number of amides is 1. The van der Waals surface area contributed by atoms with Gasteiger partial charge in [0.2, 0.25) is 5.76 Å². The molecule has 0 bridgehead atoms. The summed E-state index contributed by atoms with van der Waals surface area (Å²) in [5.74, 6) is -0.674. The number of nitrogens with zero attached hydrogens (tertiary/aromatic N) is 3. The summed E-state index contributed by atoms with van der Waals surface area (Å²) in [5.41, 5.74) is -0.623. The molecule has 0 radical (unpaired) electrons. The number of aromatic nitrogens is 3. The molecule has 46 heavy (non-hydrogen) atoms. The lowest BCUT2D eigenvalue weighted by molar-refractivity contribution is -0.137. The Morgan fingerprint density at radius 3 is 2.35 bits per heavy atom. The van der Waals surface area contributed by atoms with E-state index in [9.17, 15) is 31.2 Å². The van der Waals surface area contributed by atoms with Gasteiger partial charge in [-0.05, 0) is 48.7 Å². The molecule has 0 unspecified atom stereocenters. The Balaban J connectivity index is 1.45. The number of carbonyl (C=O) groups excluding carboxylic acids is 1. The summed E-state index contributed by atoms with van der Waals surface area (Å²) in [4.78, 5) is 26.0. The van der Waals surface area contributed by atoms with E-state index in [2.05, 4.69) is 5.10 Å². The van der Waals surface area contributed by atoms with Gasteiger partial charge in [0, 0.05) is 12.0 Å². The van der Waals surface area contributed by atoms with Crippen LogP contribution in [0.2, 0.25) is 5.02 Å². The van der Waals surface area contributed by atoms with Gasteiger partial charge in [0.05, 0.1) is 27.7 Å². The number of sulfonamides is 1. The number of rotatable bonds is 10. The average Bonchev–Trinajstić information content (AvgIpc) is 3.52. The summed E-state index contributed by atoms with van der Waals surface area (Å²) in [6.07, 6.45) is -2.85. The van der Waals surface area contributed by atoms with E-state index in [1.807, 2.05) is 11.6 Å². The molecule has 240 valence electrons. The molecule has 0 spiro atoms. The maximum Gasteiger partial charge on any atom is 0.418 e. The second-order valence-electron chi connectivity index (χ2n) is 10.5. The average molecular weight is 673 g/mol. The van der Waals surface area contributed by atoms with Gasteiger partial charge in [-0.15, -0.1) is 5.10 Å². The minimum atomic E-state index is -4.68. The van der Waals surface area contributed by atoms with Gasteiger partial charge in [0.1, 0.15) is 11.6 Å². The zero-order valence-corrected chi connectivity index (χ0v) is 26.2. The molecule has 0 aliphatic carbocycles. The van der Waals surface area contributed by atoms with Gasteiger partial charge in [-0.2, -0.15) is 17.9 Å². The van der Waals surface area contributed by atoms with Crippen molar-refractivity contribution >= 4 is 27.5 Å². The number of alkyl halides is 3. The number of hydrogen-bond acceptors (Lipinski definition) is 6. The number of nitrogens with one attached hydrogen (secondary N) is 1. The van der Waals surface area contributed by atoms with Gasteiger partial charge >= 0.3 is 17.8 Å². The van der Waals surface area contributed by atoms with Crippen LogP contribution in [-0.4, -0.2) is 28.7 Å². The molecule has 1 amide bonds. The molecule has 0 saturated carbocycles. The first-order valence-corrected chi connectivity index (χ1v) is 16.0. The van der Waals surface area contributed by atoms with E-state index < -0.39 is 33.4 Å². The van der Waals surface area contributed by atoms with Crippen LogP contribution in [0.15, 0.2) is 93.0 Å². The number of carbonyl (C=O) groups is 1. The number of para-hydroxylation sites is 1. The maximum absolute atomic E-state index is 13.7. The lowest BCUT2D eigenvalue weighted by Gasteiger charge is -2.12. The van der Waals surface area contributed by atoms with Crippen LogP contribution in [-0.2, 0) is 29.2 Å². The predicted octanol–water partition coefficient (Wildman–Crippen LogP) is 6.78. The highest BCUT2D eigenvalue weighted by Crippen LogP contribution is 2.33. The van der Waals surface area contributed by atoms with Gasteiger partial charge in [-0.3, -0.25) is 9.36 Å². The Hall–Kier alpha value is -4.62. The molecule has 1 N–H and O–H groups in total. The third kappa shape index (κ3) is 6.80. The zero-order valence-electron chi connectivity index (χ0n) is 24.6. The normalized spacial score (nSPS) is 12.0. The van der Waals surface area contributed by atoms with Crippen molar-refractivity contribution in [1.29, 1.82) is 0 Å². The quantitative estimate of drug-likeness (QED) is 0.175. The van der Waals surface area contributed by atoms with E-state index in [-0.39, 0.29) is 27.9 Å². The zero-order chi connectivity index (χ0) is 33.2. The molecule has 2 heterocycles. The number of unbranched alkanes of at least 4 members (excludes halogenated alkanes) is 1. The summed E-state index contributed by atoms with van der Waals surface area (Å²) in [6, 6.07) is 18.9. The molecule has 0 atom stereocenters. The van der Waals surface area contributed by atoms with Crippen molar-refractivity contribution in [2.75, 3.05) is 0 Å². The lowest BCUT2D eigenvalue weighted by atomic mass is 10.0. The molecular formula is C32H28ClF3N4O5S. The van der Waals surface area contributed by atoms with Gasteiger partial charge in [-0.1, -0.05) is 79.5 Å². The number of halogens is 4. The highest BCUT2D eigenvalue weighted by atomic mass is 35.5. The Morgan fingerprint density at radius 2 is 1.70 bits per heavy atom. The SMILES string of the molecule is CCCCc1nn(-c2ccccc2C(F)(F)F)c(=O)n1Cc1ccc(-c2ccccc2S(=O)(=O)NC(=O)c2oc(C)cc2Cl)cc1. The highest BCUT2D eigenvalue weighted by molar-refractivity contribution is 7.90. The van der Waals surface area contributed by atoms with Crippen LogP contribution in [0.5, 0.6) is 0 Å². The van der Waals surface area contributed by atoms with Crippen molar-refractivity contribution in [3.8, 4) is 16.8 Å². The number of hydrogen-bond donors (Lipinski definition) is 1. The van der Waals surface area contributed by atoms with E-state index in [1.54, 1.807) is 43.3 Å². The van der Waals surface area contributed by atoms with E-state index in [1.165, 1.54) is 41.0 Å². The molecule has 0 aliphatic rings. The third-order valence-corrected chi connectivity index (χ3v) is 8.83. The van der Waals surface area contributed by atoms with Crippen molar-refractivity contribution in [2.45, 2.75) is 50.7 Å². The van der Waals surface area contributed by atoms with E-state index in [4.69, 9.17) is 16.0 Å². The number of aryl methyl sites for hydroxylation is 2. The van der Waals surface area contributed by atoms with Crippen molar-refractivity contribution in [2.24, 2.45) is 0 Å². The molecule has 2 aromatic heterocycles. The van der Waals surface area contributed by atoms with E-state index in [0.29, 0.717) is 41.1 Å². The van der Waals surface area contributed by atoms with Crippen molar-refractivity contribution in [1.82, 2.24) is 19.1 Å². The van der Waals surface area contributed by atoms with E-state index >= 15 is 0 Å². The predicted molar refractivity (Wildman–Crippen MR) is 166 cm³/mol. The first-order valence-electron chi connectivity index (χ1n) is 14.2. The Kier molecular flexibility index (Phi) is 9.27. The Labute approximate surface area is 267 Å². The van der Waals surface area contributed by atoms with Crippen molar-refractivity contribution in [3.63, 3.8) is 0 Å². The van der Waals surface area contributed by atoms with Gasteiger partial charge in [0.15, 0.2) is 0 Å². The summed E-state index contributed by atoms with van der Waals surface area (Å²) >= 11 is 6.00. The minimum Gasteiger partial charge on any atom is -0.455 e. The van der Waals surface area contributed by atoms with Crippen LogP contribution < -0.4 is 10.4 Å². The molecule has 5 rings (SSSR count). The largest absolute Gasteiger partial charge is 0.455 e. The van der Waals surface area contributed by atoms with Crippen LogP contribution >= 0.6 is 11.6 Å². The van der Waals surface area contributed by atoms with Crippen LogP contribution in [0.1, 0.15) is 53.0 Å². The molecule has 0 aliphatic heterocycles. The minimum absolute atomic E-state index is 0.0195. The lowest BCUT2D eigenvalue weighted by Crippen LogP contribution is -2.30. The third-order valence-electron chi connectivity index (χ3n) is 7.16. The fourth-order valence-electron chi connectivity index (χ4n) is 4.94. The molecular weight excluding hydrogens is 645 g/mol. The second kappa shape index (κ2) is 13.0. The summed E-state index contributed by atoms with van der Waals surface area (Å²) in [5, 5.41) is 4.27. The van der Waals surface area contributed by atoms with Gasteiger partial charge in [0.25, 0.3) is 10.0 Å². The molecule has 3 aromatic carbocycles. The fourth-order valence-corrected chi connectivity index (χ4v) is 6.40. The molecule has 9 nitrogen and oxygen atoms in total.